The largest absolute Gasteiger partial charge is 0.213 e. The van der Waals surface area contributed by atoms with Crippen molar-refractivity contribution in [2.75, 3.05) is 6.26 Å². The first-order valence-electron chi connectivity index (χ1n) is 3.77. The van der Waals surface area contributed by atoms with Gasteiger partial charge in [0.05, 0.1) is 16.3 Å². The van der Waals surface area contributed by atoms with E-state index in [1.807, 2.05) is 0 Å². The number of nitrogens with one attached hydrogen (secondary N) is 1. The Morgan fingerprint density at radius 3 is 2.43 bits per heavy atom. The van der Waals surface area contributed by atoms with Crippen LogP contribution in [0.2, 0.25) is 10.0 Å². The van der Waals surface area contributed by atoms with Crippen molar-refractivity contribution in [3.05, 3.63) is 33.8 Å². The summed E-state index contributed by atoms with van der Waals surface area (Å²) in [6, 6.07) is 4.97. The van der Waals surface area contributed by atoms with Gasteiger partial charge in [-0.25, -0.2) is 13.1 Å². The number of rotatable bonds is 3. The van der Waals surface area contributed by atoms with E-state index in [9.17, 15) is 8.42 Å². The summed E-state index contributed by atoms with van der Waals surface area (Å²) in [5.74, 6) is 0. The number of halogens is 2. The van der Waals surface area contributed by atoms with Gasteiger partial charge in [-0.3, -0.25) is 0 Å². The van der Waals surface area contributed by atoms with Crippen LogP contribution in [0.5, 0.6) is 0 Å². The fourth-order valence-electron chi connectivity index (χ4n) is 0.864. The van der Waals surface area contributed by atoms with Gasteiger partial charge in [0, 0.05) is 6.54 Å². The summed E-state index contributed by atoms with van der Waals surface area (Å²) < 4.78 is 23.9. The first-order chi connectivity index (χ1) is 6.38. The predicted molar refractivity (Wildman–Crippen MR) is 58.1 cm³/mol. The van der Waals surface area contributed by atoms with Crippen LogP contribution in [-0.2, 0) is 16.6 Å². The first-order valence-corrected chi connectivity index (χ1v) is 6.42. The highest BCUT2D eigenvalue weighted by molar-refractivity contribution is 7.88. The molecular weight excluding hydrogens is 245 g/mol. The molecule has 0 heterocycles. The van der Waals surface area contributed by atoms with Crippen LogP contribution in [0.4, 0.5) is 0 Å². The molecule has 0 fully saturated rings. The van der Waals surface area contributed by atoms with Crippen LogP contribution in [0.25, 0.3) is 0 Å². The van der Waals surface area contributed by atoms with E-state index in [4.69, 9.17) is 23.2 Å². The van der Waals surface area contributed by atoms with Gasteiger partial charge in [0.1, 0.15) is 0 Å². The van der Waals surface area contributed by atoms with Gasteiger partial charge >= 0.3 is 0 Å². The molecule has 0 aliphatic carbocycles. The smallest absolute Gasteiger partial charge is 0.209 e. The Bertz CT molecular complexity index is 431. The van der Waals surface area contributed by atoms with Crippen molar-refractivity contribution in [2.45, 2.75) is 6.54 Å². The maximum Gasteiger partial charge on any atom is 0.209 e. The van der Waals surface area contributed by atoms with Crippen LogP contribution in [0, 0.1) is 0 Å². The molecule has 0 saturated heterocycles. The Hall–Kier alpha value is -0.290. The van der Waals surface area contributed by atoms with Crippen LogP contribution in [0.3, 0.4) is 0 Å². The van der Waals surface area contributed by atoms with E-state index in [2.05, 4.69) is 4.72 Å². The minimum atomic E-state index is -3.17. The SMILES string of the molecule is CS(=O)(=O)NCc1ccc(Cl)c(Cl)c1. The quantitative estimate of drug-likeness (QED) is 0.897. The summed E-state index contributed by atoms with van der Waals surface area (Å²) in [5.41, 5.74) is 0.768. The van der Waals surface area contributed by atoms with Gasteiger partial charge in [0.2, 0.25) is 10.0 Å². The lowest BCUT2D eigenvalue weighted by Crippen LogP contribution is -2.21. The van der Waals surface area contributed by atoms with Gasteiger partial charge in [-0.1, -0.05) is 29.3 Å². The zero-order valence-electron chi connectivity index (χ0n) is 7.42. The average molecular weight is 254 g/mol. The molecule has 14 heavy (non-hydrogen) atoms. The molecule has 0 saturated carbocycles. The maximum absolute atomic E-state index is 10.8. The lowest BCUT2D eigenvalue weighted by molar-refractivity contribution is 0.587. The minimum Gasteiger partial charge on any atom is -0.213 e. The minimum absolute atomic E-state index is 0.218. The molecule has 78 valence electrons. The third kappa shape index (κ3) is 3.84. The van der Waals surface area contributed by atoms with Crippen LogP contribution in [0.15, 0.2) is 18.2 Å². The molecular formula is C8H9Cl2NO2S. The Morgan fingerprint density at radius 2 is 1.93 bits per heavy atom. The van der Waals surface area contributed by atoms with Crippen molar-refractivity contribution in [1.29, 1.82) is 0 Å². The normalized spacial score (nSPS) is 11.6. The van der Waals surface area contributed by atoms with Crippen LogP contribution in [0.1, 0.15) is 5.56 Å². The van der Waals surface area contributed by atoms with Gasteiger partial charge in [-0.2, -0.15) is 0 Å². The molecule has 0 aliphatic heterocycles. The molecule has 3 nitrogen and oxygen atoms in total. The van der Waals surface area contributed by atoms with Gasteiger partial charge in [0.25, 0.3) is 0 Å². The molecule has 0 amide bonds. The Morgan fingerprint density at radius 1 is 1.29 bits per heavy atom. The molecule has 1 aromatic rings. The number of hydrogen-bond acceptors (Lipinski definition) is 2. The van der Waals surface area contributed by atoms with E-state index < -0.39 is 10.0 Å². The maximum atomic E-state index is 10.8. The molecule has 0 radical (unpaired) electrons. The van der Waals surface area contributed by atoms with E-state index in [1.54, 1.807) is 18.2 Å². The Kier molecular flexibility index (Phi) is 3.78. The Labute approximate surface area is 93.1 Å². The van der Waals surface area contributed by atoms with Crippen LogP contribution >= 0.6 is 23.2 Å². The van der Waals surface area contributed by atoms with Gasteiger partial charge < -0.3 is 0 Å². The van der Waals surface area contributed by atoms with Crippen molar-refractivity contribution in [2.24, 2.45) is 0 Å². The Balaban J connectivity index is 2.74. The number of hydrogen-bond donors (Lipinski definition) is 1. The van der Waals surface area contributed by atoms with Crippen molar-refractivity contribution in [3.63, 3.8) is 0 Å². The summed E-state index contributed by atoms with van der Waals surface area (Å²) in [6.45, 7) is 0.218. The standard InChI is InChI=1S/C8H9Cl2NO2S/c1-14(12,13)11-5-6-2-3-7(9)8(10)4-6/h2-4,11H,5H2,1H3. The van der Waals surface area contributed by atoms with E-state index >= 15 is 0 Å². The van der Waals surface area contributed by atoms with E-state index in [0.717, 1.165) is 11.8 Å². The van der Waals surface area contributed by atoms with Crippen molar-refractivity contribution < 1.29 is 8.42 Å². The predicted octanol–water partition coefficient (Wildman–Crippen LogP) is 2.04. The fraction of sp³-hybridized carbons (Fsp3) is 0.250. The van der Waals surface area contributed by atoms with E-state index in [1.165, 1.54) is 0 Å². The third-order valence-electron chi connectivity index (χ3n) is 1.52. The average Bonchev–Trinajstić information content (AvgIpc) is 2.06. The zero-order valence-corrected chi connectivity index (χ0v) is 9.75. The molecule has 0 aromatic heterocycles. The molecule has 0 spiro atoms. The van der Waals surface area contributed by atoms with Gasteiger partial charge in [-0.05, 0) is 17.7 Å². The van der Waals surface area contributed by atoms with Crippen molar-refractivity contribution >= 4 is 33.2 Å². The highest BCUT2D eigenvalue weighted by Crippen LogP contribution is 2.22. The summed E-state index contributed by atoms with van der Waals surface area (Å²) >= 11 is 11.5. The molecule has 1 N–H and O–H groups in total. The molecule has 0 bridgehead atoms. The van der Waals surface area contributed by atoms with Crippen LogP contribution < -0.4 is 4.72 Å². The van der Waals surface area contributed by atoms with Gasteiger partial charge in [0.15, 0.2) is 0 Å². The summed E-state index contributed by atoms with van der Waals surface area (Å²) in [5, 5.41) is 0.870. The van der Waals surface area contributed by atoms with Crippen molar-refractivity contribution in [3.8, 4) is 0 Å². The topological polar surface area (TPSA) is 46.2 Å². The third-order valence-corrected chi connectivity index (χ3v) is 2.93. The molecule has 0 aliphatic rings. The lowest BCUT2D eigenvalue weighted by Gasteiger charge is -2.03. The molecule has 1 aromatic carbocycles. The van der Waals surface area contributed by atoms with Crippen LogP contribution in [-0.4, -0.2) is 14.7 Å². The highest BCUT2D eigenvalue weighted by Gasteiger charge is 2.03. The van der Waals surface area contributed by atoms with E-state index in [-0.39, 0.29) is 6.54 Å². The highest BCUT2D eigenvalue weighted by atomic mass is 35.5. The molecule has 6 heteroatoms. The summed E-state index contributed by atoms with van der Waals surface area (Å²) in [7, 11) is -3.17. The lowest BCUT2D eigenvalue weighted by atomic mass is 10.2. The van der Waals surface area contributed by atoms with E-state index in [0.29, 0.717) is 10.0 Å². The molecule has 0 atom stereocenters. The zero-order chi connectivity index (χ0) is 10.8. The second kappa shape index (κ2) is 4.49. The summed E-state index contributed by atoms with van der Waals surface area (Å²) in [6.07, 6.45) is 1.10. The molecule has 1 rings (SSSR count). The van der Waals surface area contributed by atoms with Gasteiger partial charge in [-0.15, -0.1) is 0 Å². The number of benzene rings is 1. The molecule has 0 unspecified atom stereocenters. The number of sulfonamides is 1. The van der Waals surface area contributed by atoms with Crippen molar-refractivity contribution in [1.82, 2.24) is 4.72 Å². The second-order valence-electron chi connectivity index (χ2n) is 2.84. The monoisotopic (exact) mass is 253 g/mol. The summed E-state index contributed by atoms with van der Waals surface area (Å²) in [4.78, 5) is 0. The fourth-order valence-corrected chi connectivity index (χ4v) is 1.61. The first kappa shape index (κ1) is 11.8. The second-order valence-corrected chi connectivity index (χ2v) is 5.49.